The number of benzene rings is 1. The fraction of sp³-hybridized carbons (Fsp3) is 0.304. The summed E-state index contributed by atoms with van der Waals surface area (Å²) in [5.41, 5.74) is 5.39. The minimum atomic E-state index is 0.614. The molecule has 0 aliphatic carbocycles. The third kappa shape index (κ3) is 4.09. The first-order valence-electron chi connectivity index (χ1n) is 10.3. The maximum absolute atomic E-state index is 4.86. The van der Waals surface area contributed by atoms with Crippen LogP contribution < -0.4 is 5.32 Å². The molecule has 5 rings (SSSR count). The molecule has 1 aromatic carbocycles. The van der Waals surface area contributed by atoms with Crippen LogP contribution in [-0.2, 0) is 6.54 Å². The fourth-order valence-electron chi connectivity index (χ4n) is 3.88. The molecule has 4 aromatic rings. The Hall–Kier alpha value is -2.74. The lowest BCUT2D eigenvalue weighted by Gasteiger charge is -2.32. The van der Waals surface area contributed by atoms with E-state index < -0.39 is 0 Å². The fourth-order valence-corrected chi connectivity index (χ4v) is 4.78. The highest BCUT2D eigenvalue weighted by molar-refractivity contribution is 7.13. The van der Waals surface area contributed by atoms with E-state index in [1.165, 1.54) is 11.1 Å². The van der Waals surface area contributed by atoms with Gasteiger partial charge >= 0.3 is 0 Å². The third-order valence-corrected chi connectivity index (χ3v) is 6.62. The molecular formula is C23H26N6S. The van der Waals surface area contributed by atoms with Gasteiger partial charge in [0.25, 0.3) is 0 Å². The Balaban J connectivity index is 1.39. The molecule has 0 unspecified atom stereocenters. The molecule has 7 heteroatoms. The molecular weight excluding hydrogens is 392 g/mol. The average molecular weight is 419 g/mol. The summed E-state index contributed by atoms with van der Waals surface area (Å²) in [7, 11) is 2.19. The number of aromatic nitrogens is 3. The second kappa shape index (κ2) is 8.18. The number of aryl methyl sites for hydroxylation is 1. The second-order valence-corrected chi connectivity index (χ2v) is 8.94. The van der Waals surface area contributed by atoms with E-state index in [1.54, 1.807) is 11.3 Å². The van der Waals surface area contributed by atoms with Gasteiger partial charge in [-0.15, -0.1) is 11.3 Å². The number of hydrogen-bond donors (Lipinski definition) is 2. The standard InChI is InChI=1S/C23H26N6S/c1-16-12-20(30-15-16)21-19-6-7-24-22(19)27-23(26-21)25-18-5-3-4-17(13-18)14-29-10-8-28(2)9-11-29/h3-7,12-13,15H,8-11,14H2,1-2H3,(H2,24,25,26,27). The molecule has 1 aliphatic rings. The third-order valence-electron chi connectivity index (χ3n) is 5.56. The first-order chi connectivity index (χ1) is 14.6. The second-order valence-electron chi connectivity index (χ2n) is 8.03. The zero-order valence-corrected chi connectivity index (χ0v) is 18.2. The molecule has 2 N–H and O–H groups in total. The van der Waals surface area contributed by atoms with Crippen LogP contribution in [0.1, 0.15) is 11.1 Å². The molecule has 3 aromatic heterocycles. The number of anilines is 2. The number of thiophene rings is 1. The molecule has 1 aliphatic heterocycles. The van der Waals surface area contributed by atoms with E-state index in [9.17, 15) is 0 Å². The summed E-state index contributed by atoms with van der Waals surface area (Å²) in [5.74, 6) is 0.614. The van der Waals surface area contributed by atoms with E-state index in [1.807, 2.05) is 12.3 Å². The molecule has 0 spiro atoms. The van der Waals surface area contributed by atoms with Crippen LogP contribution in [0.3, 0.4) is 0 Å². The van der Waals surface area contributed by atoms with Crippen LogP contribution >= 0.6 is 11.3 Å². The summed E-state index contributed by atoms with van der Waals surface area (Å²) < 4.78 is 0. The molecule has 4 heterocycles. The normalized spacial score (nSPS) is 15.7. The zero-order valence-electron chi connectivity index (χ0n) is 17.4. The van der Waals surface area contributed by atoms with Crippen molar-refractivity contribution in [1.29, 1.82) is 0 Å². The van der Waals surface area contributed by atoms with Gasteiger partial charge in [-0.05, 0) is 54.7 Å². The van der Waals surface area contributed by atoms with Crippen LogP contribution in [0.25, 0.3) is 21.6 Å². The van der Waals surface area contributed by atoms with E-state index >= 15 is 0 Å². The maximum Gasteiger partial charge on any atom is 0.229 e. The molecule has 0 bridgehead atoms. The molecule has 1 fully saturated rings. The zero-order chi connectivity index (χ0) is 20.5. The lowest BCUT2D eigenvalue weighted by Crippen LogP contribution is -2.43. The smallest absolute Gasteiger partial charge is 0.229 e. The highest BCUT2D eigenvalue weighted by atomic mass is 32.1. The predicted octanol–water partition coefficient (Wildman–Crippen LogP) is 4.49. The number of hydrogen-bond acceptors (Lipinski definition) is 6. The van der Waals surface area contributed by atoms with Crippen LogP contribution in [0, 0.1) is 6.92 Å². The summed E-state index contributed by atoms with van der Waals surface area (Å²) in [6, 6.07) is 12.8. The van der Waals surface area contributed by atoms with Crippen LogP contribution in [-0.4, -0.2) is 58.0 Å². The van der Waals surface area contributed by atoms with Gasteiger partial charge in [0, 0.05) is 50.0 Å². The highest BCUT2D eigenvalue weighted by Gasteiger charge is 2.15. The van der Waals surface area contributed by atoms with E-state index in [0.29, 0.717) is 5.95 Å². The van der Waals surface area contributed by atoms with Crippen molar-refractivity contribution in [2.24, 2.45) is 0 Å². The van der Waals surface area contributed by atoms with Gasteiger partial charge in [0.2, 0.25) is 5.95 Å². The van der Waals surface area contributed by atoms with E-state index in [0.717, 1.165) is 60.0 Å². The Morgan fingerprint density at radius 3 is 2.77 bits per heavy atom. The monoisotopic (exact) mass is 418 g/mol. The maximum atomic E-state index is 4.86. The van der Waals surface area contributed by atoms with E-state index in [-0.39, 0.29) is 0 Å². The van der Waals surface area contributed by atoms with Gasteiger partial charge < -0.3 is 15.2 Å². The SMILES string of the molecule is Cc1csc(-c2nc(Nc3cccc(CN4CCN(C)CC4)c3)nc3[nH]ccc23)c1. The summed E-state index contributed by atoms with van der Waals surface area (Å²) in [5, 5.41) is 6.63. The van der Waals surface area contributed by atoms with Gasteiger partial charge in [-0.2, -0.15) is 4.98 Å². The summed E-state index contributed by atoms with van der Waals surface area (Å²) in [6.07, 6.45) is 1.92. The van der Waals surface area contributed by atoms with Crippen molar-refractivity contribution < 1.29 is 0 Å². The van der Waals surface area contributed by atoms with Crippen molar-refractivity contribution in [1.82, 2.24) is 24.8 Å². The van der Waals surface area contributed by atoms with Gasteiger partial charge in [-0.3, -0.25) is 4.90 Å². The molecule has 0 amide bonds. The van der Waals surface area contributed by atoms with Gasteiger partial charge in [-0.1, -0.05) is 12.1 Å². The van der Waals surface area contributed by atoms with E-state index in [4.69, 9.17) is 4.98 Å². The lowest BCUT2D eigenvalue weighted by molar-refractivity contribution is 0.148. The summed E-state index contributed by atoms with van der Waals surface area (Å²) in [6.45, 7) is 7.58. The number of aromatic amines is 1. The van der Waals surface area contributed by atoms with Crippen LogP contribution in [0.4, 0.5) is 11.6 Å². The minimum Gasteiger partial charge on any atom is -0.346 e. The number of rotatable bonds is 5. The van der Waals surface area contributed by atoms with Crippen molar-refractivity contribution >= 4 is 34.0 Å². The van der Waals surface area contributed by atoms with Crippen molar-refractivity contribution in [2.75, 3.05) is 38.5 Å². The Bertz CT molecular complexity index is 1160. The van der Waals surface area contributed by atoms with Crippen molar-refractivity contribution in [3.8, 4) is 10.6 Å². The number of likely N-dealkylation sites (N-methyl/N-ethyl adjacent to an activating group) is 1. The summed E-state index contributed by atoms with van der Waals surface area (Å²) in [4.78, 5) is 18.8. The van der Waals surface area contributed by atoms with Gasteiger partial charge in [0.15, 0.2) is 0 Å². The van der Waals surface area contributed by atoms with Crippen LogP contribution in [0.5, 0.6) is 0 Å². The Morgan fingerprint density at radius 1 is 1.10 bits per heavy atom. The van der Waals surface area contributed by atoms with Crippen LogP contribution in [0.2, 0.25) is 0 Å². The molecule has 154 valence electrons. The van der Waals surface area contributed by atoms with Gasteiger partial charge in [-0.25, -0.2) is 4.98 Å². The van der Waals surface area contributed by atoms with Crippen LogP contribution in [0.15, 0.2) is 48.0 Å². The largest absolute Gasteiger partial charge is 0.346 e. The predicted molar refractivity (Wildman–Crippen MR) is 124 cm³/mol. The Labute approximate surface area is 180 Å². The Kier molecular flexibility index (Phi) is 5.25. The van der Waals surface area contributed by atoms with Crippen molar-refractivity contribution in [3.63, 3.8) is 0 Å². The molecule has 30 heavy (non-hydrogen) atoms. The average Bonchev–Trinajstić information content (AvgIpc) is 3.38. The topological polar surface area (TPSA) is 60.1 Å². The minimum absolute atomic E-state index is 0.614. The number of nitrogens with zero attached hydrogens (tertiary/aromatic N) is 4. The quantitative estimate of drug-likeness (QED) is 0.500. The van der Waals surface area contributed by atoms with E-state index in [2.05, 4.69) is 74.8 Å². The van der Waals surface area contributed by atoms with Crippen molar-refractivity contribution in [2.45, 2.75) is 13.5 Å². The number of fused-ring (bicyclic) bond motifs is 1. The lowest BCUT2D eigenvalue weighted by atomic mass is 10.1. The molecule has 1 saturated heterocycles. The molecule has 6 nitrogen and oxygen atoms in total. The number of piperazine rings is 1. The first kappa shape index (κ1) is 19.2. The number of H-pyrrole nitrogens is 1. The summed E-state index contributed by atoms with van der Waals surface area (Å²) >= 11 is 1.72. The van der Waals surface area contributed by atoms with Crippen molar-refractivity contribution in [3.05, 3.63) is 59.1 Å². The van der Waals surface area contributed by atoms with Gasteiger partial charge in [0.05, 0.1) is 10.6 Å². The molecule has 0 saturated carbocycles. The molecule has 0 radical (unpaired) electrons. The highest BCUT2D eigenvalue weighted by Crippen LogP contribution is 2.32. The molecule has 0 atom stereocenters. The Morgan fingerprint density at radius 2 is 1.97 bits per heavy atom. The first-order valence-corrected chi connectivity index (χ1v) is 11.2. The van der Waals surface area contributed by atoms with Gasteiger partial charge in [0.1, 0.15) is 5.65 Å². The number of nitrogens with one attached hydrogen (secondary N) is 2.